The maximum atomic E-state index is 12.1. The number of hydrogen-bond acceptors (Lipinski definition) is 3. The van der Waals surface area contributed by atoms with E-state index in [9.17, 15) is 4.79 Å². The number of hydrogen-bond donors (Lipinski definition) is 0. The molecule has 6 heteroatoms. The Morgan fingerprint density at radius 3 is 3.10 bits per heavy atom. The summed E-state index contributed by atoms with van der Waals surface area (Å²) in [5, 5.41) is 4.65. The summed E-state index contributed by atoms with van der Waals surface area (Å²) in [6.07, 6.45) is 2.22. The molecule has 1 unspecified atom stereocenters. The molecule has 21 heavy (non-hydrogen) atoms. The number of carbonyl (C=O) groups is 1. The Balaban J connectivity index is 1.79. The van der Waals surface area contributed by atoms with Gasteiger partial charge in [0, 0.05) is 42.5 Å². The van der Waals surface area contributed by atoms with Crippen molar-refractivity contribution in [3.05, 3.63) is 52.5 Å². The maximum absolute atomic E-state index is 12.1. The third-order valence-electron chi connectivity index (χ3n) is 3.78. The van der Waals surface area contributed by atoms with Crippen LogP contribution in [0.25, 0.3) is 21.3 Å². The fourth-order valence-corrected chi connectivity index (χ4v) is 2.78. The summed E-state index contributed by atoms with van der Waals surface area (Å²) < 4.78 is 0. The van der Waals surface area contributed by atoms with Crippen LogP contribution in [0.3, 0.4) is 0 Å². The van der Waals surface area contributed by atoms with Gasteiger partial charge in [-0.1, -0.05) is 29.4 Å². The fraction of sp³-hybridized carbons (Fsp3) is 0.333. The SMILES string of the molecule is [N-]=[N+]=NCC1CC(=O)N(Cc2cccc3cccnc23)C1. The van der Waals surface area contributed by atoms with Crippen molar-refractivity contribution >= 4 is 16.8 Å². The number of amides is 1. The third-order valence-corrected chi connectivity index (χ3v) is 3.78. The zero-order valence-electron chi connectivity index (χ0n) is 11.5. The van der Waals surface area contributed by atoms with E-state index >= 15 is 0 Å². The molecule has 1 aromatic heterocycles. The van der Waals surface area contributed by atoms with Crippen molar-refractivity contribution in [3.63, 3.8) is 0 Å². The highest BCUT2D eigenvalue weighted by Gasteiger charge is 2.29. The van der Waals surface area contributed by atoms with E-state index < -0.39 is 0 Å². The number of likely N-dealkylation sites (tertiary alicyclic amines) is 1. The van der Waals surface area contributed by atoms with Crippen LogP contribution in [0.2, 0.25) is 0 Å². The molecule has 0 bridgehead atoms. The standard InChI is InChI=1S/C15H15N5O/c16-19-18-8-11-7-14(21)20(9-11)10-13-4-1-3-12-5-2-6-17-15(12)13/h1-6,11H,7-10H2. The van der Waals surface area contributed by atoms with Gasteiger partial charge in [0.25, 0.3) is 0 Å². The van der Waals surface area contributed by atoms with E-state index in [4.69, 9.17) is 5.53 Å². The number of rotatable bonds is 4. The van der Waals surface area contributed by atoms with Crippen molar-refractivity contribution in [2.24, 2.45) is 11.0 Å². The molecular formula is C15H15N5O. The number of para-hydroxylation sites is 1. The maximum Gasteiger partial charge on any atom is 0.223 e. The van der Waals surface area contributed by atoms with Crippen molar-refractivity contribution in [2.45, 2.75) is 13.0 Å². The summed E-state index contributed by atoms with van der Waals surface area (Å²) in [7, 11) is 0. The first-order valence-electron chi connectivity index (χ1n) is 6.89. The van der Waals surface area contributed by atoms with E-state index in [2.05, 4.69) is 15.0 Å². The lowest BCUT2D eigenvalue weighted by atomic mass is 10.1. The molecule has 2 aromatic rings. The number of nitrogens with zero attached hydrogens (tertiary/aromatic N) is 5. The number of azide groups is 1. The van der Waals surface area contributed by atoms with Gasteiger partial charge in [-0.2, -0.15) is 0 Å². The number of pyridine rings is 1. The molecule has 0 saturated carbocycles. The van der Waals surface area contributed by atoms with E-state index in [0.717, 1.165) is 16.5 Å². The summed E-state index contributed by atoms with van der Waals surface area (Å²) >= 11 is 0. The molecule has 3 rings (SSSR count). The van der Waals surface area contributed by atoms with E-state index in [1.54, 1.807) is 6.20 Å². The molecular weight excluding hydrogens is 266 g/mol. The van der Waals surface area contributed by atoms with Gasteiger partial charge in [0.15, 0.2) is 0 Å². The zero-order valence-corrected chi connectivity index (χ0v) is 11.5. The monoisotopic (exact) mass is 281 g/mol. The van der Waals surface area contributed by atoms with Gasteiger partial charge >= 0.3 is 0 Å². The highest BCUT2D eigenvalue weighted by Crippen LogP contribution is 2.23. The lowest BCUT2D eigenvalue weighted by Crippen LogP contribution is -2.25. The van der Waals surface area contributed by atoms with Gasteiger partial charge in [-0.3, -0.25) is 9.78 Å². The molecule has 1 aliphatic rings. The summed E-state index contributed by atoms with van der Waals surface area (Å²) in [6, 6.07) is 9.92. The second-order valence-electron chi connectivity index (χ2n) is 5.25. The van der Waals surface area contributed by atoms with Crippen LogP contribution >= 0.6 is 0 Å². The highest BCUT2D eigenvalue weighted by molar-refractivity contribution is 5.83. The predicted molar refractivity (Wildman–Crippen MR) is 79.3 cm³/mol. The number of fused-ring (bicyclic) bond motifs is 1. The van der Waals surface area contributed by atoms with Crippen LogP contribution in [-0.2, 0) is 11.3 Å². The fourth-order valence-electron chi connectivity index (χ4n) is 2.78. The van der Waals surface area contributed by atoms with E-state index in [1.807, 2.05) is 35.2 Å². The molecule has 0 radical (unpaired) electrons. The predicted octanol–water partition coefficient (Wildman–Crippen LogP) is 2.89. The summed E-state index contributed by atoms with van der Waals surface area (Å²) in [6.45, 7) is 1.58. The minimum absolute atomic E-state index is 0.112. The highest BCUT2D eigenvalue weighted by atomic mass is 16.2. The molecule has 1 fully saturated rings. The molecule has 1 saturated heterocycles. The summed E-state index contributed by atoms with van der Waals surface area (Å²) in [5.74, 6) is 0.234. The Bertz CT molecular complexity index is 718. The van der Waals surface area contributed by atoms with Crippen LogP contribution in [0.5, 0.6) is 0 Å². The molecule has 1 aromatic carbocycles. The van der Waals surface area contributed by atoms with Gasteiger partial charge in [0.05, 0.1) is 5.52 Å². The van der Waals surface area contributed by atoms with Gasteiger partial charge in [-0.25, -0.2) is 0 Å². The van der Waals surface area contributed by atoms with Crippen LogP contribution in [0.1, 0.15) is 12.0 Å². The molecule has 1 aliphatic heterocycles. The first-order valence-corrected chi connectivity index (χ1v) is 6.89. The van der Waals surface area contributed by atoms with Crippen molar-refractivity contribution in [2.75, 3.05) is 13.1 Å². The van der Waals surface area contributed by atoms with Gasteiger partial charge < -0.3 is 4.90 Å². The van der Waals surface area contributed by atoms with Crippen molar-refractivity contribution in [1.82, 2.24) is 9.88 Å². The van der Waals surface area contributed by atoms with Crippen LogP contribution in [-0.4, -0.2) is 28.9 Å². The van der Waals surface area contributed by atoms with Gasteiger partial charge in [-0.15, -0.1) is 0 Å². The molecule has 2 heterocycles. The third kappa shape index (κ3) is 2.80. The van der Waals surface area contributed by atoms with Crippen LogP contribution in [0.4, 0.5) is 0 Å². The van der Waals surface area contributed by atoms with Crippen LogP contribution < -0.4 is 0 Å². The Labute approximate surface area is 122 Å². The summed E-state index contributed by atoms with van der Waals surface area (Å²) in [5.41, 5.74) is 10.3. The number of benzene rings is 1. The molecule has 6 nitrogen and oxygen atoms in total. The van der Waals surface area contributed by atoms with E-state index in [-0.39, 0.29) is 11.8 Å². The Hall–Kier alpha value is -2.59. The number of aromatic nitrogens is 1. The van der Waals surface area contributed by atoms with E-state index in [0.29, 0.717) is 26.1 Å². The van der Waals surface area contributed by atoms with Crippen molar-refractivity contribution < 1.29 is 4.79 Å². The van der Waals surface area contributed by atoms with Gasteiger partial charge in [0.1, 0.15) is 0 Å². The average Bonchev–Trinajstić information content (AvgIpc) is 2.86. The van der Waals surface area contributed by atoms with Gasteiger partial charge in [-0.05, 0) is 23.1 Å². The normalized spacial score (nSPS) is 18.0. The van der Waals surface area contributed by atoms with Crippen LogP contribution in [0.15, 0.2) is 41.6 Å². The second kappa shape index (κ2) is 5.81. The lowest BCUT2D eigenvalue weighted by molar-refractivity contribution is -0.128. The number of carbonyl (C=O) groups excluding carboxylic acids is 1. The lowest BCUT2D eigenvalue weighted by Gasteiger charge is -2.17. The minimum Gasteiger partial charge on any atom is -0.338 e. The van der Waals surface area contributed by atoms with Crippen LogP contribution in [0, 0.1) is 5.92 Å². The van der Waals surface area contributed by atoms with Gasteiger partial charge in [0.2, 0.25) is 5.91 Å². The first-order chi connectivity index (χ1) is 10.3. The first kappa shape index (κ1) is 13.4. The van der Waals surface area contributed by atoms with Crippen molar-refractivity contribution in [3.8, 4) is 0 Å². The topological polar surface area (TPSA) is 82.0 Å². The molecule has 1 atom stereocenters. The Kier molecular flexibility index (Phi) is 3.71. The van der Waals surface area contributed by atoms with E-state index in [1.165, 1.54) is 0 Å². The molecule has 106 valence electrons. The quantitative estimate of drug-likeness (QED) is 0.490. The van der Waals surface area contributed by atoms with Crippen molar-refractivity contribution in [1.29, 1.82) is 0 Å². The molecule has 0 spiro atoms. The summed E-state index contributed by atoms with van der Waals surface area (Å²) in [4.78, 5) is 21.1. The zero-order chi connectivity index (χ0) is 14.7. The average molecular weight is 281 g/mol. The largest absolute Gasteiger partial charge is 0.338 e. The minimum atomic E-state index is 0.112. The molecule has 0 N–H and O–H groups in total. The molecule has 0 aliphatic carbocycles. The Morgan fingerprint density at radius 2 is 2.24 bits per heavy atom. The molecule has 1 amide bonds. The second-order valence-corrected chi connectivity index (χ2v) is 5.25. The smallest absolute Gasteiger partial charge is 0.223 e. The Morgan fingerprint density at radius 1 is 1.38 bits per heavy atom.